The van der Waals surface area contributed by atoms with Gasteiger partial charge in [-0.2, -0.15) is 0 Å². The molecule has 0 unspecified atom stereocenters. The summed E-state index contributed by atoms with van der Waals surface area (Å²) in [6.45, 7) is 4.05. The molecule has 1 saturated heterocycles. The Kier molecular flexibility index (Phi) is 4.96. The summed E-state index contributed by atoms with van der Waals surface area (Å²) in [5, 5.41) is 3.55. The van der Waals surface area contributed by atoms with Gasteiger partial charge in [0.2, 0.25) is 0 Å². The van der Waals surface area contributed by atoms with Gasteiger partial charge in [-0.3, -0.25) is 4.99 Å². The van der Waals surface area contributed by atoms with Crippen LogP contribution < -0.4 is 5.32 Å². The highest BCUT2D eigenvalue weighted by atomic mass is 15.3. The number of guanidine groups is 1. The van der Waals surface area contributed by atoms with E-state index in [1.807, 2.05) is 13.2 Å². The molecule has 138 valence electrons. The molecule has 4 rings (SSSR count). The van der Waals surface area contributed by atoms with Gasteiger partial charge in [0, 0.05) is 52.0 Å². The summed E-state index contributed by atoms with van der Waals surface area (Å²) in [5.74, 6) is 2.17. The Bertz CT molecular complexity index is 745. The van der Waals surface area contributed by atoms with E-state index in [2.05, 4.69) is 61.3 Å². The first-order valence-corrected chi connectivity index (χ1v) is 9.78. The molecule has 1 saturated carbocycles. The minimum atomic E-state index is 0.601. The Morgan fingerprint density at radius 3 is 2.77 bits per heavy atom. The third-order valence-corrected chi connectivity index (χ3v) is 5.99. The zero-order valence-corrected chi connectivity index (χ0v) is 15.7. The number of hydrogen-bond donors (Lipinski definition) is 1. The minimum Gasteiger partial charge on any atom is -0.356 e. The highest BCUT2D eigenvalue weighted by Gasteiger charge is 2.43. The van der Waals surface area contributed by atoms with Crippen molar-refractivity contribution in [3.05, 3.63) is 54.1 Å². The normalized spacial score (nSPS) is 19.0. The van der Waals surface area contributed by atoms with Gasteiger partial charge in [-0.15, -0.1) is 0 Å². The third-order valence-electron chi connectivity index (χ3n) is 5.99. The highest BCUT2D eigenvalue weighted by molar-refractivity contribution is 5.80. The number of rotatable bonds is 5. The molecule has 2 heterocycles. The topological polar surface area (TPSA) is 45.5 Å². The Labute approximate surface area is 156 Å². The van der Waals surface area contributed by atoms with Crippen molar-refractivity contribution in [3.8, 4) is 0 Å². The molecule has 5 nitrogen and oxygen atoms in total. The zero-order chi connectivity index (χ0) is 17.8. The molecule has 2 aromatic rings. The van der Waals surface area contributed by atoms with Crippen molar-refractivity contribution in [2.45, 2.75) is 38.6 Å². The molecule has 26 heavy (non-hydrogen) atoms. The van der Waals surface area contributed by atoms with Crippen LogP contribution in [-0.4, -0.2) is 47.1 Å². The van der Waals surface area contributed by atoms with E-state index in [4.69, 9.17) is 0 Å². The maximum absolute atomic E-state index is 4.55. The van der Waals surface area contributed by atoms with Crippen molar-refractivity contribution in [2.24, 2.45) is 10.4 Å². The van der Waals surface area contributed by atoms with E-state index in [9.17, 15) is 0 Å². The summed E-state index contributed by atoms with van der Waals surface area (Å²) >= 11 is 0. The summed E-state index contributed by atoms with van der Waals surface area (Å²) in [4.78, 5) is 11.5. The van der Waals surface area contributed by atoms with Crippen LogP contribution in [0.25, 0.3) is 0 Å². The predicted octanol–water partition coefficient (Wildman–Crippen LogP) is 2.93. The van der Waals surface area contributed by atoms with E-state index in [-0.39, 0.29) is 0 Å². The standard InChI is InChI=1S/C21H29N5/c1-22-20(26-14-11-21(17-26)9-5-10-21)24-12-8-19-23-13-15-25(19)16-18-6-3-2-4-7-18/h2-4,6-7,13,15H,5,8-12,14,16-17H2,1H3,(H,22,24). The second-order valence-corrected chi connectivity index (χ2v) is 7.71. The van der Waals surface area contributed by atoms with Crippen LogP contribution in [0.1, 0.15) is 37.1 Å². The van der Waals surface area contributed by atoms with Crippen molar-refractivity contribution >= 4 is 5.96 Å². The molecule has 1 aliphatic carbocycles. The largest absolute Gasteiger partial charge is 0.356 e. The van der Waals surface area contributed by atoms with Crippen LogP contribution in [-0.2, 0) is 13.0 Å². The van der Waals surface area contributed by atoms with Crippen molar-refractivity contribution < 1.29 is 0 Å². The highest BCUT2D eigenvalue weighted by Crippen LogP contribution is 2.47. The molecule has 0 bridgehead atoms. The number of hydrogen-bond acceptors (Lipinski definition) is 2. The van der Waals surface area contributed by atoms with Gasteiger partial charge in [0.25, 0.3) is 0 Å². The van der Waals surface area contributed by atoms with Crippen molar-refractivity contribution in [1.29, 1.82) is 0 Å². The fourth-order valence-corrected chi connectivity index (χ4v) is 4.31. The lowest BCUT2D eigenvalue weighted by molar-refractivity contribution is 0.151. The van der Waals surface area contributed by atoms with Crippen LogP contribution in [0.15, 0.2) is 47.7 Å². The molecule has 0 atom stereocenters. The lowest BCUT2D eigenvalue weighted by Gasteiger charge is -2.38. The minimum absolute atomic E-state index is 0.601. The number of aromatic nitrogens is 2. The first-order valence-electron chi connectivity index (χ1n) is 9.78. The van der Waals surface area contributed by atoms with Gasteiger partial charge in [-0.05, 0) is 30.2 Å². The lowest BCUT2D eigenvalue weighted by Crippen LogP contribution is -2.43. The van der Waals surface area contributed by atoms with Crippen LogP contribution >= 0.6 is 0 Å². The molecule has 0 radical (unpaired) electrons. The Morgan fingerprint density at radius 1 is 1.23 bits per heavy atom. The van der Waals surface area contributed by atoms with Crippen molar-refractivity contribution in [1.82, 2.24) is 19.8 Å². The van der Waals surface area contributed by atoms with E-state index < -0.39 is 0 Å². The van der Waals surface area contributed by atoms with Crippen LogP contribution in [0.5, 0.6) is 0 Å². The monoisotopic (exact) mass is 351 g/mol. The van der Waals surface area contributed by atoms with E-state index >= 15 is 0 Å². The summed E-state index contributed by atoms with van der Waals surface area (Å²) in [6.07, 6.45) is 10.4. The number of likely N-dealkylation sites (tertiary alicyclic amines) is 1. The van der Waals surface area contributed by atoms with Crippen LogP contribution in [0.3, 0.4) is 0 Å². The summed E-state index contributed by atoms with van der Waals surface area (Å²) in [7, 11) is 1.89. The molecular weight excluding hydrogens is 322 g/mol. The van der Waals surface area contributed by atoms with Crippen molar-refractivity contribution in [2.75, 3.05) is 26.7 Å². The second-order valence-electron chi connectivity index (χ2n) is 7.71. The predicted molar refractivity (Wildman–Crippen MR) is 105 cm³/mol. The number of nitrogens with zero attached hydrogens (tertiary/aromatic N) is 4. The molecule has 1 N–H and O–H groups in total. The van der Waals surface area contributed by atoms with Gasteiger partial charge in [-0.25, -0.2) is 4.98 Å². The quantitative estimate of drug-likeness (QED) is 0.665. The first-order chi connectivity index (χ1) is 12.8. The Balaban J connectivity index is 1.30. The fraction of sp³-hybridized carbons (Fsp3) is 0.524. The maximum Gasteiger partial charge on any atom is 0.193 e. The molecule has 5 heteroatoms. The molecule has 2 fully saturated rings. The number of benzene rings is 1. The van der Waals surface area contributed by atoms with Gasteiger partial charge in [-0.1, -0.05) is 36.8 Å². The SMILES string of the molecule is CN=C(NCCc1nccn1Cc1ccccc1)N1CCC2(CCC2)C1. The van der Waals surface area contributed by atoms with Crippen LogP contribution in [0, 0.1) is 5.41 Å². The van der Waals surface area contributed by atoms with Gasteiger partial charge in [0.1, 0.15) is 5.82 Å². The smallest absolute Gasteiger partial charge is 0.193 e. The molecule has 1 aliphatic heterocycles. The van der Waals surface area contributed by atoms with E-state index in [1.165, 1.54) is 37.8 Å². The maximum atomic E-state index is 4.55. The molecule has 2 aliphatic rings. The zero-order valence-electron chi connectivity index (χ0n) is 15.7. The molecular formula is C21H29N5. The van der Waals surface area contributed by atoms with Crippen LogP contribution in [0.2, 0.25) is 0 Å². The number of nitrogens with one attached hydrogen (secondary N) is 1. The Hall–Kier alpha value is -2.30. The van der Waals surface area contributed by atoms with E-state index in [1.54, 1.807) is 0 Å². The summed E-state index contributed by atoms with van der Waals surface area (Å²) in [6, 6.07) is 10.5. The summed E-state index contributed by atoms with van der Waals surface area (Å²) in [5.41, 5.74) is 1.90. The lowest BCUT2D eigenvalue weighted by atomic mass is 9.68. The molecule has 1 aromatic heterocycles. The second kappa shape index (κ2) is 7.52. The first kappa shape index (κ1) is 17.1. The molecule has 1 aromatic carbocycles. The summed E-state index contributed by atoms with van der Waals surface area (Å²) < 4.78 is 2.24. The number of aliphatic imine (C=N–C) groups is 1. The fourth-order valence-electron chi connectivity index (χ4n) is 4.31. The molecule has 1 spiro atoms. The average Bonchev–Trinajstić information content (AvgIpc) is 3.27. The van der Waals surface area contributed by atoms with Gasteiger partial charge < -0.3 is 14.8 Å². The van der Waals surface area contributed by atoms with Gasteiger partial charge in [0.05, 0.1) is 0 Å². The van der Waals surface area contributed by atoms with Crippen LogP contribution in [0.4, 0.5) is 0 Å². The van der Waals surface area contributed by atoms with Gasteiger partial charge in [0.15, 0.2) is 5.96 Å². The Morgan fingerprint density at radius 2 is 2.08 bits per heavy atom. The van der Waals surface area contributed by atoms with E-state index in [0.29, 0.717) is 5.41 Å². The van der Waals surface area contributed by atoms with Crippen molar-refractivity contribution in [3.63, 3.8) is 0 Å². The third kappa shape index (κ3) is 3.62. The van der Waals surface area contributed by atoms with Gasteiger partial charge >= 0.3 is 0 Å². The van der Waals surface area contributed by atoms with E-state index in [0.717, 1.165) is 37.8 Å². The molecule has 0 amide bonds. The average molecular weight is 351 g/mol. The number of imidazole rings is 1.